The molecule has 0 saturated heterocycles. The molecule has 3 aromatic rings. The molecule has 160 valence electrons. The summed E-state index contributed by atoms with van der Waals surface area (Å²) in [6.45, 7) is 3.38. The second kappa shape index (κ2) is 9.04. The lowest BCUT2D eigenvalue weighted by Crippen LogP contribution is -2.37. The Bertz CT molecular complexity index is 1090. The summed E-state index contributed by atoms with van der Waals surface area (Å²) in [7, 11) is 1.57. The fourth-order valence-electron chi connectivity index (χ4n) is 3.83. The summed E-state index contributed by atoms with van der Waals surface area (Å²) in [5.41, 5.74) is 3.55. The Kier molecular flexibility index (Phi) is 6.02. The van der Waals surface area contributed by atoms with Crippen LogP contribution < -0.4 is 15.0 Å². The van der Waals surface area contributed by atoms with Gasteiger partial charge in [0.15, 0.2) is 0 Å². The SMILES string of the molecule is COc1cc(-c2ccccc2)ccc1NC(=O)CCC(=O)N1CCCn2nc(C)cc21. The van der Waals surface area contributed by atoms with Gasteiger partial charge in [-0.3, -0.25) is 14.5 Å². The van der Waals surface area contributed by atoms with E-state index in [0.29, 0.717) is 18.0 Å². The summed E-state index contributed by atoms with van der Waals surface area (Å²) >= 11 is 0. The van der Waals surface area contributed by atoms with Crippen LogP contribution in [0.5, 0.6) is 5.75 Å². The molecule has 2 heterocycles. The van der Waals surface area contributed by atoms with Crippen molar-refractivity contribution in [2.45, 2.75) is 32.7 Å². The molecule has 0 atom stereocenters. The van der Waals surface area contributed by atoms with Gasteiger partial charge in [-0.1, -0.05) is 36.4 Å². The molecule has 7 nitrogen and oxygen atoms in total. The molecule has 0 bridgehead atoms. The third-order valence-corrected chi connectivity index (χ3v) is 5.36. The van der Waals surface area contributed by atoms with Gasteiger partial charge in [0.05, 0.1) is 18.5 Å². The molecule has 1 aliphatic rings. The second-order valence-electron chi connectivity index (χ2n) is 7.60. The Morgan fingerprint density at radius 3 is 2.61 bits per heavy atom. The summed E-state index contributed by atoms with van der Waals surface area (Å²) in [6.07, 6.45) is 1.10. The lowest BCUT2D eigenvalue weighted by atomic mass is 10.0. The van der Waals surface area contributed by atoms with Crippen molar-refractivity contribution in [1.82, 2.24) is 9.78 Å². The molecule has 1 aliphatic heterocycles. The number of hydrogen-bond acceptors (Lipinski definition) is 4. The zero-order chi connectivity index (χ0) is 21.8. The molecule has 4 rings (SSSR count). The topological polar surface area (TPSA) is 76.5 Å². The molecule has 0 fully saturated rings. The molecule has 1 aromatic heterocycles. The maximum absolute atomic E-state index is 12.7. The summed E-state index contributed by atoms with van der Waals surface area (Å²) < 4.78 is 7.33. The predicted octanol–water partition coefficient (Wildman–Crippen LogP) is 4.02. The molecular weight excluding hydrogens is 392 g/mol. The number of benzene rings is 2. The molecule has 31 heavy (non-hydrogen) atoms. The molecule has 0 aliphatic carbocycles. The molecule has 2 amide bonds. The van der Waals surface area contributed by atoms with Crippen LogP contribution in [0.3, 0.4) is 0 Å². The van der Waals surface area contributed by atoms with E-state index in [4.69, 9.17) is 4.74 Å². The smallest absolute Gasteiger partial charge is 0.228 e. The second-order valence-corrected chi connectivity index (χ2v) is 7.60. The minimum atomic E-state index is -0.221. The number of hydrogen-bond donors (Lipinski definition) is 1. The van der Waals surface area contributed by atoms with Gasteiger partial charge in [0.25, 0.3) is 0 Å². The van der Waals surface area contributed by atoms with E-state index in [1.807, 2.05) is 66.2 Å². The van der Waals surface area contributed by atoms with Crippen molar-refractivity contribution in [3.8, 4) is 16.9 Å². The van der Waals surface area contributed by atoms with Crippen LogP contribution in [0.25, 0.3) is 11.1 Å². The first kappa shape index (κ1) is 20.7. The maximum atomic E-state index is 12.7. The van der Waals surface area contributed by atoms with Gasteiger partial charge in [-0.2, -0.15) is 5.10 Å². The monoisotopic (exact) mass is 418 g/mol. The molecule has 7 heteroatoms. The lowest BCUT2D eigenvalue weighted by Gasteiger charge is -2.27. The van der Waals surface area contributed by atoms with Crippen molar-refractivity contribution in [3.05, 3.63) is 60.3 Å². The summed E-state index contributed by atoms with van der Waals surface area (Å²) in [4.78, 5) is 27.0. The van der Waals surface area contributed by atoms with Crippen LogP contribution in [0.4, 0.5) is 11.5 Å². The van der Waals surface area contributed by atoms with E-state index in [-0.39, 0.29) is 24.7 Å². The molecule has 0 saturated carbocycles. The van der Waals surface area contributed by atoms with Crippen LogP contribution >= 0.6 is 0 Å². The van der Waals surface area contributed by atoms with Gasteiger partial charge in [-0.25, -0.2) is 4.68 Å². The van der Waals surface area contributed by atoms with Crippen molar-refractivity contribution in [1.29, 1.82) is 0 Å². The number of carbonyl (C=O) groups excluding carboxylic acids is 2. The third-order valence-electron chi connectivity index (χ3n) is 5.36. The van der Waals surface area contributed by atoms with Crippen LogP contribution in [-0.4, -0.2) is 35.2 Å². The predicted molar refractivity (Wildman–Crippen MR) is 120 cm³/mol. The van der Waals surface area contributed by atoms with Gasteiger partial charge >= 0.3 is 0 Å². The Hall–Kier alpha value is -3.61. The standard InChI is InChI=1S/C24H26N4O3/c1-17-15-23-27(13-6-14-28(23)26-17)24(30)12-11-22(29)25-20-10-9-19(16-21(20)31-2)18-7-4-3-5-8-18/h3-5,7-10,15-16H,6,11-14H2,1-2H3,(H,25,29). The quantitative estimate of drug-likeness (QED) is 0.656. The van der Waals surface area contributed by atoms with E-state index in [2.05, 4.69) is 10.4 Å². The first-order valence-electron chi connectivity index (χ1n) is 10.4. The molecule has 2 aromatic carbocycles. The Morgan fingerprint density at radius 1 is 1.03 bits per heavy atom. The van der Waals surface area contributed by atoms with Crippen LogP contribution in [0, 0.1) is 6.92 Å². The van der Waals surface area contributed by atoms with E-state index in [1.54, 1.807) is 12.0 Å². The molecule has 1 N–H and O–H groups in total. The number of fused-ring (bicyclic) bond motifs is 1. The van der Waals surface area contributed by atoms with E-state index < -0.39 is 0 Å². The molecule has 0 spiro atoms. The number of rotatable bonds is 6. The normalized spacial score (nSPS) is 12.9. The summed E-state index contributed by atoms with van der Waals surface area (Å²) in [5, 5.41) is 7.28. The van der Waals surface area contributed by atoms with Crippen molar-refractivity contribution in [2.24, 2.45) is 0 Å². The van der Waals surface area contributed by atoms with E-state index >= 15 is 0 Å². The number of methoxy groups -OCH3 is 1. The van der Waals surface area contributed by atoms with E-state index in [0.717, 1.165) is 35.6 Å². The summed E-state index contributed by atoms with van der Waals surface area (Å²) in [5.74, 6) is 1.10. The van der Waals surface area contributed by atoms with Gasteiger partial charge in [0, 0.05) is 32.0 Å². The minimum absolute atomic E-state index is 0.0672. The van der Waals surface area contributed by atoms with Gasteiger partial charge in [0.1, 0.15) is 11.6 Å². The van der Waals surface area contributed by atoms with Crippen LogP contribution in [0.2, 0.25) is 0 Å². The zero-order valence-corrected chi connectivity index (χ0v) is 17.8. The highest BCUT2D eigenvalue weighted by molar-refractivity contribution is 5.98. The highest BCUT2D eigenvalue weighted by Crippen LogP contribution is 2.31. The lowest BCUT2D eigenvalue weighted by molar-refractivity contribution is -0.122. The minimum Gasteiger partial charge on any atom is -0.495 e. The van der Waals surface area contributed by atoms with Crippen molar-refractivity contribution in [2.75, 3.05) is 23.9 Å². The number of nitrogens with zero attached hydrogens (tertiary/aromatic N) is 3. The average Bonchev–Trinajstić information content (AvgIpc) is 3.18. The molecule has 0 radical (unpaired) electrons. The highest BCUT2D eigenvalue weighted by atomic mass is 16.5. The zero-order valence-electron chi connectivity index (χ0n) is 17.8. The molecule has 0 unspecified atom stereocenters. The van der Waals surface area contributed by atoms with Gasteiger partial charge < -0.3 is 10.1 Å². The first-order valence-corrected chi connectivity index (χ1v) is 10.4. The van der Waals surface area contributed by atoms with Crippen molar-refractivity contribution < 1.29 is 14.3 Å². The van der Waals surface area contributed by atoms with Crippen LogP contribution in [0.1, 0.15) is 25.0 Å². The van der Waals surface area contributed by atoms with Gasteiger partial charge in [-0.15, -0.1) is 0 Å². The molecular formula is C24H26N4O3. The van der Waals surface area contributed by atoms with Crippen molar-refractivity contribution >= 4 is 23.3 Å². The van der Waals surface area contributed by atoms with Crippen LogP contribution in [-0.2, 0) is 16.1 Å². The highest BCUT2D eigenvalue weighted by Gasteiger charge is 2.24. The van der Waals surface area contributed by atoms with Gasteiger partial charge in [0.2, 0.25) is 11.8 Å². The number of carbonyl (C=O) groups is 2. The van der Waals surface area contributed by atoms with E-state index in [1.165, 1.54) is 0 Å². The largest absolute Gasteiger partial charge is 0.495 e. The number of anilines is 2. The number of nitrogens with one attached hydrogen (secondary N) is 1. The van der Waals surface area contributed by atoms with E-state index in [9.17, 15) is 9.59 Å². The Labute approximate surface area is 181 Å². The maximum Gasteiger partial charge on any atom is 0.228 e. The van der Waals surface area contributed by atoms with Crippen LogP contribution in [0.15, 0.2) is 54.6 Å². The number of ether oxygens (including phenoxy) is 1. The fourth-order valence-corrected chi connectivity index (χ4v) is 3.83. The van der Waals surface area contributed by atoms with Gasteiger partial charge in [-0.05, 0) is 36.6 Å². The number of amides is 2. The number of aryl methyl sites for hydroxylation is 2. The summed E-state index contributed by atoms with van der Waals surface area (Å²) in [6, 6.07) is 17.5. The fraction of sp³-hybridized carbons (Fsp3) is 0.292. The van der Waals surface area contributed by atoms with Crippen molar-refractivity contribution in [3.63, 3.8) is 0 Å². The third kappa shape index (κ3) is 4.60. The first-order chi connectivity index (χ1) is 15.0. The Balaban J connectivity index is 1.38. The Morgan fingerprint density at radius 2 is 1.84 bits per heavy atom. The number of aromatic nitrogens is 2. The average molecular weight is 418 g/mol.